The standard InChI is InChI=1S/C26H36N4O/c1-19(2)14-29-16-21-10-23(18-29)25-11-22(12-26(31)30(25)17-21)24-7-6-20(13-27-24)15-28-8-4-3-5-9-28/h6-7,11-13,19,21,23H,3-5,8-10,14-18H2,1-2H3/t21-,23+/m0/s1. The molecule has 2 bridgehead atoms. The summed E-state index contributed by atoms with van der Waals surface area (Å²) in [6.07, 6.45) is 7.18. The third-order valence-corrected chi connectivity index (χ3v) is 7.23. The highest BCUT2D eigenvalue weighted by molar-refractivity contribution is 5.59. The third kappa shape index (κ3) is 4.63. The Kier molecular flexibility index (Phi) is 5.98. The third-order valence-electron chi connectivity index (χ3n) is 7.23. The molecule has 2 saturated heterocycles. The molecule has 0 spiro atoms. The van der Waals surface area contributed by atoms with Gasteiger partial charge in [-0.15, -0.1) is 0 Å². The number of nitrogens with zero attached hydrogens (tertiary/aromatic N) is 4. The van der Waals surface area contributed by atoms with E-state index in [0.29, 0.717) is 17.8 Å². The number of pyridine rings is 2. The first-order chi connectivity index (χ1) is 15.0. The van der Waals surface area contributed by atoms with Crippen LogP contribution >= 0.6 is 0 Å². The Hall–Kier alpha value is -1.98. The van der Waals surface area contributed by atoms with Crippen molar-refractivity contribution in [1.82, 2.24) is 19.4 Å². The predicted molar refractivity (Wildman–Crippen MR) is 125 cm³/mol. The van der Waals surface area contributed by atoms with E-state index in [0.717, 1.165) is 44.0 Å². The van der Waals surface area contributed by atoms with Gasteiger partial charge in [0.05, 0.1) is 5.69 Å². The van der Waals surface area contributed by atoms with Crippen molar-refractivity contribution in [2.24, 2.45) is 11.8 Å². The van der Waals surface area contributed by atoms with Gasteiger partial charge in [0.1, 0.15) is 0 Å². The lowest BCUT2D eigenvalue weighted by atomic mass is 9.82. The maximum atomic E-state index is 13.0. The number of fused-ring (bicyclic) bond motifs is 4. The highest BCUT2D eigenvalue weighted by Gasteiger charge is 2.35. The van der Waals surface area contributed by atoms with Gasteiger partial charge in [-0.1, -0.05) is 26.3 Å². The Morgan fingerprint density at radius 1 is 1.03 bits per heavy atom. The van der Waals surface area contributed by atoms with Crippen molar-refractivity contribution in [3.05, 3.63) is 52.1 Å². The van der Waals surface area contributed by atoms with Gasteiger partial charge >= 0.3 is 0 Å². The van der Waals surface area contributed by atoms with Gasteiger partial charge in [0.25, 0.3) is 5.56 Å². The van der Waals surface area contributed by atoms with E-state index in [1.165, 1.54) is 50.0 Å². The van der Waals surface area contributed by atoms with E-state index in [1.54, 1.807) is 6.07 Å². The van der Waals surface area contributed by atoms with Crippen LogP contribution in [0.1, 0.15) is 56.7 Å². The molecule has 0 aromatic carbocycles. The van der Waals surface area contributed by atoms with Crippen molar-refractivity contribution in [2.75, 3.05) is 32.7 Å². The Bertz CT molecular complexity index is 958. The molecule has 3 aliphatic rings. The summed E-state index contributed by atoms with van der Waals surface area (Å²) >= 11 is 0. The normalized spacial score (nSPS) is 24.4. The molecule has 2 fully saturated rings. The maximum Gasteiger partial charge on any atom is 0.251 e. The highest BCUT2D eigenvalue weighted by atomic mass is 16.1. The molecule has 5 heterocycles. The van der Waals surface area contributed by atoms with Crippen LogP contribution in [-0.4, -0.2) is 52.1 Å². The largest absolute Gasteiger partial charge is 0.312 e. The Morgan fingerprint density at radius 2 is 1.87 bits per heavy atom. The van der Waals surface area contributed by atoms with E-state index < -0.39 is 0 Å². The maximum absolute atomic E-state index is 13.0. The van der Waals surface area contributed by atoms with E-state index in [9.17, 15) is 4.79 Å². The quantitative estimate of drug-likeness (QED) is 0.734. The van der Waals surface area contributed by atoms with Crippen molar-refractivity contribution in [1.29, 1.82) is 0 Å². The molecular formula is C26H36N4O. The van der Waals surface area contributed by atoms with Gasteiger partial charge in [0.15, 0.2) is 0 Å². The summed E-state index contributed by atoms with van der Waals surface area (Å²) in [5.41, 5.74) is 4.50. The fourth-order valence-corrected chi connectivity index (χ4v) is 5.94. The summed E-state index contributed by atoms with van der Waals surface area (Å²) in [6, 6.07) is 8.33. The minimum atomic E-state index is 0.138. The summed E-state index contributed by atoms with van der Waals surface area (Å²) < 4.78 is 2.04. The lowest BCUT2D eigenvalue weighted by molar-refractivity contribution is 0.109. The summed E-state index contributed by atoms with van der Waals surface area (Å²) in [4.78, 5) is 22.9. The number of hydrogen-bond acceptors (Lipinski definition) is 4. The van der Waals surface area contributed by atoms with Crippen LogP contribution in [0.15, 0.2) is 35.3 Å². The average molecular weight is 421 g/mol. The Labute approximate surface area is 186 Å². The van der Waals surface area contributed by atoms with Crippen LogP contribution in [0.2, 0.25) is 0 Å². The fourth-order valence-electron chi connectivity index (χ4n) is 5.94. The topological polar surface area (TPSA) is 41.4 Å². The fraction of sp³-hybridized carbons (Fsp3) is 0.615. The lowest BCUT2D eigenvalue weighted by Gasteiger charge is -2.43. The van der Waals surface area contributed by atoms with Gasteiger partial charge in [-0.05, 0) is 61.9 Å². The van der Waals surface area contributed by atoms with Crippen molar-refractivity contribution >= 4 is 0 Å². The molecule has 5 rings (SSSR count). The Morgan fingerprint density at radius 3 is 2.61 bits per heavy atom. The molecular weight excluding hydrogens is 384 g/mol. The van der Waals surface area contributed by atoms with Crippen LogP contribution in [0, 0.1) is 11.8 Å². The van der Waals surface area contributed by atoms with Crippen LogP contribution < -0.4 is 5.56 Å². The van der Waals surface area contributed by atoms with Crippen LogP contribution in [-0.2, 0) is 13.1 Å². The molecule has 0 amide bonds. The SMILES string of the molecule is CC(C)CN1C[C@@H]2C[C@H](C1)c1cc(-c3ccc(CN4CCCCC4)cn3)cc(=O)n1C2. The van der Waals surface area contributed by atoms with Crippen molar-refractivity contribution < 1.29 is 0 Å². The summed E-state index contributed by atoms with van der Waals surface area (Å²) in [5.74, 6) is 1.73. The first-order valence-corrected chi connectivity index (χ1v) is 12.2. The van der Waals surface area contributed by atoms with Gasteiger partial charge in [-0.2, -0.15) is 0 Å². The van der Waals surface area contributed by atoms with Crippen LogP contribution in [0.5, 0.6) is 0 Å². The molecule has 3 aliphatic heterocycles. The first-order valence-electron chi connectivity index (χ1n) is 12.2. The van der Waals surface area contributed by atoms with Gasteiger partial charge in [-0.3, -0.25) is 14.7 Å². The lowest BCUT2D eigenvalue weighted by Crippen LogP contribution is -2.48. The molecule has 31 heavy (non-hydrogen) atoms. The highest BCUT2D eigenvalue weighted by Crippen LogP contribution is 2.36. The first kappa shape index (κ1) is 20.9. The Balaban J connectivity index is 1.37. The molecule has 2 aromatic heterocycles. The molecule has 2 atom stereocenters. The molecule has 5 heteroatoms. The zero-order valence-electron chi connectivity index (χ0n) is 19.1. The molecule has 0 unspecified atom stereocenters. The second-order valence-corrected chi connectivity index (χ2v) is 10.4. The zero-order chi connectivity index (χ0) is 21.4. The summed E-state index contributed by atoms with van der Waals surface area (Å²) in [6.45, 7) is 12.2. The summed E-state index contributed by atoms with van der Waals surface area (Å²) in [5, 5.41) is 0. The van der Waals surface area contributed by atoms with E-state index in [4.69, 9.17) is 4.98 Å². The van der Waals surface area contributed by atoms with Crippen LogP contribution in [0.3, 0.4) is 0 Å². The monoisotopic (exact) mass is 420 g/mol. The van der Waals surface area contributed by atoms with Gasteiger partial charge in [-0.25, -0.2) is 0 Å². The predicted octanol–water partition coefficient (Wildman–Crippen LogP) is 3.97. The molecule has 0 radical (unpaired) electrons. The number of piperidine rings is 2. The average Bonchev–Trinajstić information content (AvgIpc) is 2.75. The second kappa shape index (κ2) is 8.87. The van der Waals surface area contributed by atoms with Crippen LogP contribution in [0.25, 0.3) is 11.3 Å². The zero-order valence-corrected chi connectivity index (χ0v) is 19.1. The second-order valence-electron chi connectivity index (χ2n) is 10.4. The van der Waals surface area contributed by atoms with Gasteiger partial charge in [0.2, 0.25) is 0 Å². The smallest absolute Gasteiger partial charge is 0.251 e. The van der Waals surface area contributed by atoms with E-state index >= 15 is 0 Å². The molecule has 166 valence electrons. The summed E-state index contributed by atoms with van der Waals surface area (Å²) in [7, 11) is 0. The molecule has 0 aliphatic carbocycles. The van der Waals surface area contributed by atoms with E-state index in [1.807, 2.05) is 10.8 Å². The number of likely N-dealkylation sites (tertiary alicyclic amines) is 2. The molecule has 5 nitrogen and oxygen atoms in total. The minimum absolute atomic E-state index is 0.138. The number of hydrogen-bond donors (Lipinski definition) is 0. The van der Waals surface area contributed by atoms with Crippen LogP contribution in [0.4, 0.5) is 0 Å². The van der Waals surface area contributed by atoms with Crippen molar-refractivity contribution in [2.45, 2.75) is 58.5 Å². The number of aromatic nitrogens is 2. The van der Waals surface area contributed by atoms with E-state index in [-0.39, 0.29) is 5.56 Å². The van der Waals surface area contributed by atoms with Gasteiger partial charge < -0.3 is 9.47 Å². The minimum Gasteiger partial charge on any atom is -0.312 e. The molecule has 0 saturated carbocycles. The molecule has 2 aromatic rings. The van der Waals surface area contributed by atoms with Gasteiger partial charge in [0, 0.05) is 62.2 Å². The number of rotatable bonds is 5. The molecule has 0 N–H and O–H groups in total. The van der Waals surface area contributed by atoms with Crippen molar-refractivity contribution in [3.63, 3.8) is 0 Å². The van der Waals surface area contributed by atoms with E-state index in [2.05, 4.69) is 41.8 Å². The van der Waals surface area contributed by atoms with Crippen molar-refractivity contribution in [3.8, 4) is 11.3 Å².